The largest absolute Gasteiger partial charge is 1.00 e. The third-order valence-electron chi connectivity index (χ3n) is 5.64. The summed E-state index contributed by atoms with van der Waals surface area (Å²) in [6.07, 6.45) is -8.12. The van der Waals surface area contributed by atoms with Crippen LogP contribution in [0.2, 0.25) is 0 Å². The Kier molecular flexibility index (Phi) is 10.3. The van der Waals surface area contributed by atoms with Crippen molar-refractivity contribution in [3.63, 3.8) is 0 Å². The van der Waals surface area contributed by atoms with Crippen LogP contribution in [0, 0.1) is 34.9 Å². The van der Waals surface area contributed by atoms with Gasteiger partial charge in [-0.15, -0.1) is 0 Å². The zero-order valence-corrected chi connectivity index (χ0v) is 23.1. The van der Waals surface area contributed by atoms with Crippen molar-refractivity contribution in [3.8, 4) is 0 Å². The van der Waals surface area contributed by atoms with Crippen molar-refractivity contribution in [2.75, 3.05) is 0 Å². The molecule has 0 saturated carbocycles. The number of rotatable bonds is 8. The molecule has 258 valence electrons. The van der Waals surface area contributed by atoms with Gasteiger partial charge in [0.15, 0.2) is 34.9 Å². The van der Waals surface area contributed by atoms with Gasteiger partial charge in [-0.05, 0) is 0 Å². The Balaban J connectivity index is 0.0000106. The molecule has 0 aliphatic heterocycles. The molecule has 0 amide bonds. The third-order valence-corrected chi connectivity index (χ3v) is 6.55. The smallest absolute Gasteiger partial charge is 0.744 e. The summed E-state index contributed by atoms with van der Waals surface area (Å²) in [5.74, 6) is -84.8. The fourth-order valence-electron chi connectivity index (χ4n) is 3.35. The van der Waals surface area contributed by atoms with Gasteiger partial charge in [0, 0.05) is 5.39 Å². The number of hydrogen-bond acceptors (Lipinski definition) is 3. The summed E-state index contributed by atoms with van der Waals surface area (Å²) in [6, 6.07) is 0. The fourth-order valence-corrected chi connectivity index (χ4v) is 4.26. The van der Waals surface area contributed by atoms with Crippen LogP contribution >= 0.6 is 0 Å². The van der Waals surface area contributed by atoms with E-state index < -0.39 is 114 Å². The Morgan fingerprint density at radius 2 is 0.696 bits per heavy atom. The van der Waals surface area contributed by atoms with E-state index in [0.29, 0.717) is 0 Å². The molecular weight excluding hydrogens is 756 g/mol. The van der Waals surface area contributed by atoms with E-state index >= 15 is 0 Å². The number of alkyl halides is 17. The van der Waals surface area contributed by atoms with Crippen LogP contribution in [0.25, 0.3) is 10.8 Å². The Morgan fingerprint density at radius 3 is 1.02 bits per heavy atom. The third kappa shape index (κ3) is 5.16. The van der Waals surface area contributed by atoms with Crippen molar-refractivity contribution in [2.24, 2.45) is 0 Å². The summed E-state index contributed by atoms with van der Waals surface area (Å²) >= 11 is 0. The van der Waals surface area contributed by atoms with Crippen LogP contribution < -0.4 is 29.6 Å². The molecule has 0 radical (unpaired) electrons. The molecule has 2 rings (SSSR count). The topological polar surface area (TPSA) is 57.2 Å². The number of fused-ring (bicyclic) bond motifs is 1. The maximum absolute atomic E-state index is 14.7. The normalized spacial score (nSPS) is 15.0. The summed E-state index contributed by atoms with van der Waals surface area (Å²) in [5.41, 5.74) is -4.72. The van der Waals surface area contributed by atoms with Crippen LogP contribution in [0.3, 0.4) is 0 Å². The number of hydrogen-bond donors (Lipinski definition) is 0. The van der Waals surface area contributed by atoms with E-state index in [1.165, 1.54) is 0 Å². The molecule has 0 aromatic heterocycles. The monoisotopic (exact) mass is 756 g/mol. The molecular formula is C18F23NaO3S. The van der Waals surface area contributed by atoms with Gasteiger partial charge >= 0.3 is 77.2 Å². The fraction of sp³-hybridized carbons (Fsp3) is 0.444. The van der Waals surface area contributed by atoms with Crippen LogP contribution in [0.1, 0.15) is 5.56 Å². The van der Waals surface area contributed by atoms with Gasteiger partial charge in [-0.2, -0.15) is 74.6 Å². The second-order valence-corrected chi connectivity index (χ2v) is 9.63. The van der Waals surface area contributed by atoms with Crippen molar-refractivity contribution < 1.29 is 144 Å². The first kappa shape index (κ1) is 42.0. The van der Waals surface area contributed by atoms with Gasteiger partial charge in [0.25, 0.3) is 0 Å². The average molecular weight is 756 g/mol. The molecule has 28 heteroatoms. The van der Waals surface area contributed by atoms with E-state index in [2.05, 4.69) is 0 Å². The number of benzene rings is 2. The Labute approximate surface area is 257 Å². The second-order valence-electron chi connectivity index (χ2n) is 8.31. The molecule has 2 aromatic rings. The standard InChI is InChI=1S/C18HF23O3S.Na/c19-4-1-2(6(21)9(24)8(23)5(1)20)10(45(42,43)44)3(7(4)22)11(25,26)12(27,28)13(29,30)14(31,32)15(33,34)16(35,36)17(37,38)18(39,40)41;/h(H,42,43,44);/q;+1/p-1. The summed E-state index contributed by atoms with van der Waals surface area (Å²) in [7, 11) is -7.67. The van der Waals surface area contributed by atoms with Crippen LogP contribution in [0.5, 0.6) is 0 Å². The number of halogens is 23. The van der Waals surface area contributed by atoms with Crippen molar-refractivity contribution >= 4 is 20.9 Å². The second kappa shape index (κ2) is 11.3. The first-order chi connectivity index (χ1) is 19.5. The first-order valence-electron chi connectivity index (χ1n) is 9.80. The maximum atomic E-state index is 14.7. The predicted octanol–water partition coefficient (Wildman–Crippen LogP) is 5.05. The van der Waals surface area contributed by atoms with E-state index in [-0.39, 0.29) is 29.6 Å². The Bertz CT molecular complexity index is 1660. The molecule has 0 heterocycles. The molecule has 3 nitrogen and oxygen atoms in total. The van der Waals surface area contributed by atoms with E-state index in [1.54, 1.807) is 0 Å². The molecule has 0 aliphatic carbocycles. The minimum Gasteiger partial charge on any atom is -0.744 e. The van der Waals surface area contributed by atoms with Crippen molar-refractivity contribution in [2.45, 2.75) is 52.5 Å². The summed E-state index contributed by atoms with van der Waals surface area (Å²) in [6.45, 7) is 0. The molecule has 46 heavy (non-hydrogen) atoms. The van der Waals surface area contributed by atoms with Gasteiger partial charge in [-0.25, -0.2) is 34.8 Å². The Hall–Kier alpha value is -2.00. The van der Waals surface area contributed by atoms with Crippen LogP contribution in [0.15, 0.2) is 4.90 Å². The molecule has 0 N–H and O–H groups in total. The van der Waals surface area contributed by atoms with Crippen molar-refractivity contribution in [1.82, 2.24) is 0 Å². The van der Waals surface area contributed by atoms with Gasteiger partial charge in [-0.3, -0.25) is 0 Å². The average Bonchev–Trinajstić information content (AvgIpc) is 2.84. The quantitative estimate of drug-likeness (QED) is 0.125. The van der Waals surface area contributed by atoms with Gasteiger partial charge in [0.1, 0.15) is 10.1 Å². The molecule has 0 aliphatic rings. The van der Waals surface area contributed by atoms with Crippen LogP contribution in [-0.4, -0.2) is 54.7 Å². The van der Waals surface area contributed by atoms with Crippen LogP contribution in [-0.2, 0) is 16.0 Å². The summed E-state index contributed by atoms with van der Waals surface area (Å²) in [4.78, 5) is -4.07. The van der Waals surface area contributed by atoms with E-state index in [9.17, 15) is 114 Å². The molecule has 0 atom stereocenters. The van der Waals surface area contributed by atoms with Crippen molar-refractivity contribution in [3.05, 3.63) is 40.5 Å². The van der Waals surface area contributed by atoms with Gasteiger partial charge in [0.05, 0.1) is 15.8 Å². The van der Waals surface area contributed by atoms with Gasteiger partial charge in [0.2, 0.25) is 0 Å². The predicted molar refractivity (Wildman–Crippen MR) is 91.3 cm³/mol. The Morgan fingerprint density at radius 1 is 0.413 bits per heavy atom. The molecule has 0 fully saturated rings. The van der Waals surface area contributed by atoms with E-state index in [4.69, 9.17) is 0 Å². The molecule has 0 unspecified atom stereocenters. The SMILES string of the molecule is O=S(=O)([O-])c1c(C(F)(F)C(F)(F)C(F)(F)C(F)(F)C(F)(F)C(F)(F)C(F)(F)C(F)(F)F)c(F)c(F)c2c(F)c(F)c(F)c(F)c12.[Na+]. The summed E-state index contributed by atoms with van der Waals surface area (Å²) < 4.78 is 348. The zero-order chi connectivity index (χ0) is 36.3. The minimum absolute atomic E-state index is 0. The van der Waals surface area contributed by atoms with Gasteiger partial charge in [-0.1, -0.05) is 0 Å². The molecule has 0 spiro atoms. The minimum atomic E-state index is -9.32. The van der Waals surface area contributed by atoms with Crippen LogP contribution in [0.4, 0.5) is 101 Å². The summed E-state index contributed by atoms with van der Waals surface area (Å²) in [5, 5.41) is -6.51. The molecule has 0 bridgehead atoms. The molecule has 2 aromatic carbocycles. The first-order valence-corrected chi connectivity index (χ1v) is 11.2. The zero-order valence-electron chi connectivity index (χ0n) is 20.3. The maximum Gasteiger partial charge on any atom is 1.00 e. The molecule has 0 saturated heterocycles. The van der Waals surface area contributed by atoms with E-state index in [0.717, 1.165) is 0 Å². The van der Waals surface area contributed by atoms with E-state index in [1.807, 2.05) is 0 Å². The van der Waals surface area contributed by atoms with Gasteiger partial charge < -0.3 is 4.55 Å². The van der Waals surface area contributed by atoms with Crippen molar-refractivity contribution in [1.29, 1.82) is 0 Å².